The van der Waals surface area contributed by atoms with Gasteiger partial charge in [0.05, 0.1) is 0 Å². The van der Waals surface area contributed by atoms with Gasteiger partial charge in [0.25, 0.3) is 0 Å². The Hall–Kier alpha value is -3.95. The molecule has 0 saturated heterocycles. The molecule has 1 N–H and O–H groups in total. The zero-order chi connectivity index (χ0) is 21.5. The molecule has 0 fully saturated rings. The fraction of sp³-hybridized carbons (Fsp3) is 0.200. The molecular formula is C20H19FN4O5. The third-order valence-corrected chi connectivity index (χ3v) is 4.19. The van der Waals surface area contributed by atoms with Crippen molar-refractivity contribution < 1.29 is 23.6 Å². The van der Waals surface area contributed by atoms with Crippen molar-refractivity contribution in [2.24, 2.45) is 0 Å². The summed E-state index contributed by atoms with van der Waals surface area (Å²) in [6.45, 7) is 1.98. The molecule has 9 nitrogen and oxygen atoms in total. The third kappa shape index (κ3) is 5.53. The summed E-state index contributed by atoms with van der Waals surface area (Å²) >= 11 is 0. The maximum atomic E-state index is 12.9. The summed E-state index contributed by atoms with van der Waals surface area (Å²) in [5.41, 5.74) is 1.33. The number of benzene rings is 2. The average Bonchev–Trinajstić information content (AvgIpc) is 3.09. The molecule has 0 aliphatic rings. The Morgan fingerprint density at radius 1 is 1.20 bits per heavy atom. The summed E-state index contributed by atoms with van der Waals surface area (Å²) < 4.78 is 24.9. The van der Waals surface area contributed by atoms with Crippen LogP contribution >= 0.6 is 0 Å². The number of nitrogens with zero attached hydrogens (tertiary/aromatic N) is 3. The topological polar surface area (TPSA) is 109 Å². The molecule has 30 heavy (non-hydrogen) atoms. The first-order chi connectivity index (χ1) is 14.4. The summed E-state index contributed by atoms with van der Waals surface area (Å²) in [6.07, 6.45) is 0.477. The van der Waals surface area contributed by atoms with Crippen LogP contribution in [0.3, 0.4) is 0 Å². The van der Waals surface area contributed by atoms with E-state index in [4.69, 9.17) is 9.47 Å². The van der Waals surface area contributed by atoms with E-state index in [9.17, 15) is 19.3 Å². The van der Waals surface area contributed by atoms with Crippen molar-refractivity contribution >= 4 is 17.6 Å². The standard InChI is InChI=1S/C20H19FN4O5/c1-14-22-12-19(25(27)28)24(14)10-11-29-20(26)23-17-6-8-18(9-7-17)30-13-15-2-4-16(21)5-3-15/h2-9,12H,10-11,13H2,1H3,(H,23,26). The number of aromatic nitrogens is 2. The second-order valence-corrected chi connectivity index (χ2v) is 6.27. The monoisotopic (exact) mass is 414 g/mol. The SMILES string of the molecule is Cc1ncc([N+](=O)[O-])n1CCOC(=O)Nc1ccc(OCc2ccc(F)cc2)cc1. The van der Waals surface area contributed by atoms with Gasteiger partial charge in [-0.25, -0.2) is 18.7 Å². The lowest BCUT2D eigenvalue weighted by Gasteiger charge is -2.09. The van der Waals surface area contributed by atoms with Crippen LogP contribution in [0.2, 0.25) is 0 Å². The highest BCUT2D eigenvalue weighted by molar-refractivity contribution is 5.84. The minimum atomic E-state index is -0.685. The molecule has 1 amide bonds. The maximum absolute atomic E-state index is 12.9. The first-order valence-electron chi connectivity index (χ1n) is 9.00. The highest BCUT2D eigenvalue weighted by Crippen LogP contribution is 2.18. The second kappa shape index (κ2) is 9.50. The number of nitrogens with one attached hydrogen (secondary N) is 1. The van der Waals surface area contributed by atoms with E-state index in [1.807, 2.05) is 0 Å². The molecule has 0 unspecified atom stereocenters. The largest absolute Gasteiger partial charge is 0.489 e. The molecular weight excluding hydrogens is 395 g/mol. The fourth-order valence-electron chi connectivity index (χ4n) is 2.64. The third-order valence-electron chi connectivity index (χ3n) is 4.19. The first-order valence-corrected chi connectivity index (χ1v) is 9.00. The molecule has 3 rings (SSSR count). The number of imidazole rings is 1. The number of hydrogen-bond donors (Lipinski definition) is 1. The summed E-state index contributed by atoms with van der Waals surface area (Å²) in [5, 5.41) is 13.5. The van der Waals surface area contributed by atoms with Crippen molar-refractivity contribution in [3.8, 4) is 5.75 Å². The van der Waals surface area contributed by atoms with Gasteiger partial charge in [-0.2, -0.15) is 0 Å². The molecule has 10 heteroatoms. The number of hydrogen-bond acceptors (Lipinski definition) is 6. The predicted molar refractivity (Wildman–Crippen MR) is 106 cm³/mol. The number of rotatable bonds is 8. The minimum absolute atomic E-state index is 0.0528. The normalized spacial score (nSPS) is 10.5. The van der Waals surface area contributed by atoms with Gasteiger partial charge in [-0.15, -0.1) is 0 Å². The van der Waals surface area contributed by atoms with E-state index in [2.05, 4.69) is 10.3 Å². The average molecular weight is 414 g/mol. The van der Waals surface area contributed by atoms with Gasteiger partial charge in [-0.1, -0.05) is 12.1 Å². The zero-order valence-corrected chi connectivity index (χ0v) is 16.1. The van der Waals surface area contributed by atoms with Gasteiger partial charge < -0.3 is 19.6 Å². The smallest absolute Gasteiger partial charge is 0.411 e. The molecule has 2 aromatic carbocycles. The highest BCUT2D eigenvalue weighted by Gasteiger charge is 2.17. The number of nitro groups is 1. The van der Waals surface area contributed by atoms with Crippen LogP contribution in [0.1, 0.15) is 11.4 Å². The van der Waals surface area contributed by atoms with Crippen molar-refractivity contribution in [2.75, 3.05) is 11.9 Å². The van der Waals surface area contributed by atoms with Gasteiger partial charge in [0.15, 0.2) is 5.82 Å². The zero-order valence-electron chi connectivity index (χ0n) is 16.1. The Balaban J connectivity index is 1.45. The Morgan fingerprint density at radius 2 is 1.90 bits per heavy atom. The molecule has 1 heterocycles. The van der Waals surface area contributed by atoms with Crippen molar-refractivity contribution in [3.63, 3.8) is 0 Å². The van der Waals surface area contributed by atoms with Crippen molar-refractivity contribution in [3.05, 3.63) is 82.0 Å². The summed E-state index contributed by atoms with van der Waals surface area (Å²) in [5.74, 6) is 0.579. The van der Waals surface area contributed by atoms with E-state index < -0.39 is 11.0 Å². The Morgan fingerprint density at radius 3 is 2.57 bits per heavy atom. The molecule has 0 bridgehead atoms. The lowest BCUT2D eigenvalue weighted by Crippen LogP contribution is -2.18. The number of carbonyl (C=O) groups excluding carboxylic acids is 1. The van der Waals surface area contributed by atoms with Crippen LogP contribution in [0.15, 0.2) is 54.7 Å². The van der Waals surface area contributed by atoms with Crippen LogP contribution in [-0.4, -0.2) is 27.2 Å². The lowest BCUT2D eigenvalue weighted by atomic mass is 10.2. The first kappa shape index (κ1) is 20.8. The maximum Gasteiger partial charge on any atom is 0.411 e. The quantitative estimate of drug-likeness (QED) is 0.440. The van der Waals surface area contributed by atoms with Gasteiger partial charge in [0.1, 0.15) is 37.5 Å². The van der Waals surface area contributed by atoms with Crippen LogP contribution in [0, 0.1) is 22.9 Å². The minimum Gasteiger partial charge on any atom is -0.489 e. The van der Waals surface area contributed by atoms with E-state index in [0.717, 1.165) is 11.8 Å². The Kier molecular flexibility index (Phi) is 6.58. The predicted octanol–water partition coefficient (Wildman–Crippen LogP) is 4.07. The van der Waals surface area contributed by atoms with Gasteiger partial charge in [-0.3, -0.25) is 5.32 Å². The fourth-order valence-corrected chi connectivity index (χ4v) is 2.64. The van der Waals surface area contributed by atoms with E-state index in [-0.39, 0.29) is 31.4 Å². The van der Waals surface area contributed by atoms with E-state index >= 15 is 0 Å². The molecule has 3 aromatic rings. The van der Waals surface area contributed by atoms with Crippen molar-refractivity contribution in [1.82, 2.24) is 9.55 Å². The molecule has 0 aliphatic heterocycles. The highest BCUT2D eigenvalue weighted by atomic mass is 19.1. The van der Waals surface area contributed by atoms with Crippen LogP contribution in [0.5, 0.6) is 5.75 Å². The number of amides is 1. The van der Waals surface area contributed by atoms with Gasteiger partial charge in [0.2, 0.25) is 0 Å². The number of aryl methyl sites for hydroxylation is 1. The van der Waals surface area contributed by atoms with Crippen LogP contribution in [0.25, 0.3) is 0 Å². The summed E-state index contributed by atoms with van der Waals surface area (Å²) in [7, 11) is 0. The number of anilines is 1. The van der Waals surface area contributed by atoms with Crippen LogP contribution in [-0.2, 0) is 17.9 Å². The van der Waals surface area contributed by atoms with Crippen LogP contribution in [0.4, 0.5) is 20.7 Å². The molecule has 0 atom stereocenters. The summed E-state index contributed by atoms with van der Waals surface area (Å²) in [6, 6.07) is 12.7. The van der Waals surface area contributed by atoms with Crippen molar-refractivity contribution in [2.45, 2.75) is 20.1 Å². The van der Waals surface area contributed by atoms with E-state index in [1.54, 1.807) is 43.3 Å². The second-order valence-electron chi connectivity index (χ2n) is 6.27. The van der Waals surface area contributed by atoms with E-state index in [0.29, 0.717) is 17.3 Å². The van der Waals surface area contributed by atoms with Gasteiger partial charge in [-0.05, 0) is 46.9 Å². The molecule has 0 radical (unpaired) electrons. The molecule has 0 saturated carbocycles. The molecule has 0 spiro atoms. The molecule has 0 aliphatic carbocycles. The number of halogens is 1. The number of carbonyl (C=O) groups is 1. The van der Waals surface area contributed by atoms with Gasteiger partial charge in [0, 0.05) is 12.6 Å². The van der Waals surface area contributed by atoms with E-state index in [1.165, 1.54) is 16.7 Å². The molecule has 156 valence electrons. The van der Waals surface area contributed by atoms with Gasteiger partial charge >= 0.3 is 11.9 Å². The Bertz CT molecular complexity index is 1020. The molecule has 1 aromatic heterocycles. The summed E-state index contributed by atoms with van der Waals surface area (Å²) in [4.78, 5) is 26.2. The Labute approximate surface area is 171 Å². The number of ether oxygens (including phenoxy) is 2. The lowest BCUT2D eigenvalue weighted by molar-refractivity contribution is -0.392. The van der Waals surface area contributed by atoms with Crippen LogP contribution < -0.4 is 10.1 Å². The van der Waals surface area contributed by atoms with Crippen molar-refractivity contribution in [1.29, 1.82) is 0 Å².